The fraction of sp³-hybridized carbons (Fsp3) is 0.600. The van der Waals surface area contributed by atoms with Gasteiger partial charge in [0, 0.05) is 44.1 Å². The topological polar surface area (TPSA) is 50.2 Å². The van der Waals surface area contributed by atoms with Crippen LogP contribution in [0.1, 0.15) is 63.1 Å². The van der Waals surface area contributed by atoms with Crippen molar-refractivity contribution in [1.29, 1.82) is 0 Å². The van der Waals surface area contributed by atoms with Gasteiger partial charge in [-0.1, -0.05) is 13.8 Å². The number of nitrogens with zero attached hydrogens (tertiary/aromatic N) is 3. The standard InChI is InChI=1S/C25H32F4N4O/c1-17(2)24(23(34)31-15-18-11-19(25(27,28)29)13-20(26)12-18)6-3-22(14-24)32-8-4-21(5-9-32)33-10-7-30-16-33/h7,10-13,16-17,21-22H,3-6,8-9,14-15H2,1-2H3,(H,31,34)/t22-,24+/m1/s1. The molecular formula is C25H32F4N4O. The molecule has 0 spiro atoms. The summed E-state index contributed by atoms with van der Waals surface area (Å²) in [6.45, 7) is 5.85. The van der Waals surface area contributed by atoms with Gasteiger partial charge in [0.15, 0.2) is 0 Å². The van der Waals surface area contributed by atoms with Crippen molar-refractivity contribution >= 4 is 5.91 Å². The van der Waals surface area contributed by atoms with Crippen LogP contribution in [0.2, 0.25) is 0 Å². The van der Waals surface area contributed by atoms with E-state index in [-0.39, 0.29) is 23.9 Å². The van der Waals surface area contributed by atoms with Crippen molar-refractivity contribution in [3.63, 3.8) is 0 Å². The Labute approximate surface area is 197 Å². The lowest BCUT2D eigenvalue weighted by atomic mass is 9.74. The van der Waals surface area contributed by atoms with E-state index in [2.05, 4.69) is 19.8 Å². The highest BCUT2D eigenvalue weighted by molar-refractivity contribution is 5.83. The van der Waals surface area contributed by atoms with Crippen LogP contribution in [0.25, 0.3) is 0 Å². The number of amides is 1. The van der Waals surface area contributed by atoms with Gasteiger partial charge in [-0.25, -0.2) is 9.37 Å². The van der Waals surface area contributed by atoms with E-state index in [0.717, 1.165) is 57.3 Å². The fourth-order valence-corrected chi connectivity index (χ4v) is 5.66. The van der Waals surface area contributed by atoms with Crippen molar-refractivity contribution < 1.29 is 22.4 Å². The molecule has 1 saturated heterocycles. The summed E-state index contributed by atoms with van der Waals surface area (Å²) in [5, 5.41) is 2.82. The number of carbonyl (C=O) groups is 1. The van der Waals surface area contributed by atoms with Gasteiger partial charge in [0.05, 0.1) is 17.3 Å². The van der Waals surface area contributed by atoms with E-state index in [1.807, 2.05) is 26.4 Å². The summed E-state index contributed by atoms with van der Waals surface area (Å²) < 4.78 is 55.0. The first-order valence-corrected chi connectivity index (χ1v) is 11.9. The number of likely N-dealkylation sites (tertiary alicyclic amines) is 1. The first kappa shape index (κ1) is 24.7. The van der Waals surface area contributed by atoms with Gasteiger partial charge in [0.25, 0.3) is 0 Å². The molecule has 0 bridgehead atoms. The number of halogens is 4. The summed E-state index contributed by atoms with van der Waals surface area (Å²) in [4.78, 5) is 19.9. The van der Waals surface area contributed by atoms with E-state index < -0.39 is 23.0 Å². The lowest BCUT2D eigenvalue weighted by molar-refractivity contribution is -0.137. The van der Waals surface area contributed by atoms with E-state index in [1.54, 1.807) is 6.20 Å². The molecule has 0 radical (unpaired) electrons. The van der Waals surface area contributed by atoms with Gasteiger partial charge in [-0.2, -0.15) is 13.2 Å². The van der Waals surface area contributed by atoms with Crippen molar-refractivity contribution in [1.82, 2.24) is 19.8 Å². The first-order valence-electron chi connectivity index (χ1n) is 11.9. The second-order valence-electron chi connectivity index (χ2n) is 10.0. The Morgan fingerprint density at radius 3 is 2.53 bits per heavy atom. The zero-order valence-electron chi connectivity index (χ0n) is 19.6. The van der Waals surface area contributed by atoms with Crippen molar-refractivity contribution in [2.24, 2.45) is 11.3 Å². The Bertz CT molecular complexity index is 983. The highest BCUT2D eigenvalue weighted by Gasteiger charge is 2.49. The second-order valence-corrected chi connectivity index (χ2v) is 10.0. The molecule has 2 fully saturated rings. The van der Waals surface area contributed by atoms with E-state index >= 15 is 0 Å². The number of nitrogens with one attached hydrogen (secondary N) is 1. The molecule has 1 aliphatic carbocycles. The van der Waals surface area contributed by atoms with Crippen LogP contribution in [0.3, 0.4) is 0 Å². The average Bonchev–Trinajstić information content (AvgIpc) is 3.48. The minimum atomic E-state index is -4.63. The van der Waals surface area contributed by atoms with Crippen LogP contribution >= 0.6 is 0 Å². The molecule has 9 heteroatoms. The molecule has 2 heterocycles. The van der Waals surface area contributed by atoms with Gasteiger partial charge in [-0.3, -0.25) is 4.79 Å². The van der Waals surface area contributed by atoms with Gasteiger partial charge in [0.1, 0.15) is 5.82 Å². The number of carbonyl (C=O) groups excluding carboxylic acids is 1. The minimum absolute atomic E-state index is 0.0826. The third-order valence-electron chi connectivity index (χ3n) is 7.78. The van der Waals surface area contributed by atoms with Gasteiger partial charge in [0.2, 0.25) is 5.91 Å². The fourth-order valence-electron chi connectivity index (χ4n) is 5.66. The summed E-state index contributed by atoms with van der Waals surface area (Å²) >= 11 is 0. The van der Waals surface area contributed by atoms with Crippen molar-refractivity contribution in [3.05, 3.63) is 53.9 Å². The molecule has 2 aromatic rings. The quantitative estimate of drug-likeness (QED) is 0.579. The Balaban J connectivity index is 1.38. The van der Waals surface area contributed by atoms with Crippen LogP contribution < -0.4 is 5.32 Å². The first-order chi connectivity index (χ1) is 16.1. The predicted octanol–water partition coefficient (Wildman–Crippen LogP) is 5.19. The number of hydrogen-bond acceptors (Lipinski definition) is 3. The highest BCUT2D eigenvalue weighted by Crippen LogP contribution is 2.47. The molecule has 1 aromatic carbocycles. The maximum absolute atomic E-state index is 13.7. The molecule has 2 atom stereocenters. The highest BCUT2D eigenvalue weighted by atomic mass is 19.4. The molecule has 1 amide bonds. The van der Waals surface area contributed by atoms with Crippen LogP contribution in [-0.4, -0.2) is 39.5 Å². The van der Waals surface area contributed by atoms with Gasteiger partial charge in [-0.15, -0.1) is 0 Å². The van der Waals surface area contributed by atoms with E-state index in [9.17, 15) is 22.4 Å². The van der Waals surface area contributed by atoms with E-state index in [1.165, 1.54) is 0 Å². The summed E-state index contributed by atoms with van der Waals surface area (Å²) in [6.07, 6.45) is 5.48. The Morgan fingerprint density at radius 2 is 1.91 bits per heavy atom. The number of hydrogen-bond donors (Lipinski definition) is 1. The molecular weight excluding hydrogens is 448 g/mol. The van der Waals surface area contributed by atoms with Crippen LogP contribution in [-0.2, 0) is 17.5 Å². The summed E-state index contributed by atoms with van der Waals surface area (Å²) in [5.74, 6) is -1.03. The van der Waals surface area contributed by atoms with Gasteiger partial charge < -0.3 is 14.8 Å². The zero-order valence-corrected chi connectivity index (χ0v) is 19.6. The van der Waals surface area contributed by atoms with Crippen molar-refractivity contribution in [3.8, 4) is 0 Å². The molecule has 1 saturated carbocycles. The number of aromatic nitrogens is 2. The van der Waals surface area contributed by atoms with Crippen LogP contribution in [0, 0.1) is 17.2 Å². The van der Waals surface area contributed by atoms with Crippen molar-refractivity contribution in [2.45, 2.75) is 70.8 Å². The zero-order chi connectivity index (χ0) is 24.5. The second kappa shape index (κ2) is 9.68. The molecule has 1 N–H and O–H groups in total. The predicted molar refractivity (Wildman–Crippen MR) is 120 cm³/mol. The lowest BCUT2D eigenvalue weighted by Gasteiger charge is -2.38. The summed E-state index contributed by atoms with van der Waals surface area (Å²) in [5.41, 5.74) is -1.52. The van der Waals surface area contributed by atoms with Crippen molar-refractivity contribution in [2.75, 3.05) is 13.1 Å². The maximum atomic E-state index is 13.7. The van der Waals surface area contributed by atoms with Crippen LogP contribution in [0.4, 0.5) is 17.6 Å². The number of alkyl halides is 3. The van der Waals surface area contributed by atoms with E-state index in [0.29, 0.717) is 18.2 Å². The summed E-state index contributed by atoms with van der Waals surface area (Å²) in [6, 6.07) is 3.17. The molecule has 2 aliphatic rings. The Kier molecular flexibility index (Phi) is 7.03. The minimum Gasteiger partial charge on any atom is -0.352 e. The maximum Gasteiger partial charge on any atom is 0.416 e. The monoisotopic (exact) mass is 480 g/mol. The number of benzene rings is 1. The van der Waals surface area contributed by atoms with Crippen LogP contribution in [0.5, 0.6) is 0 Å². The lowest BCUT2D eigenvalue weighted by Crippen LogP contribution is -2.45. The largest absolute Gasteiger partial charge is 0.416 e. The number of piperidine rings is 1. The van der Waals surface area contributed by atoms with E-state index in [4.69, 9.17) is 0 Å². The molecule has 5 nitrogen and oxygen atoms in total. The normalized spacial score (nSPS) is 24.6. The van der Waals surface area contributed by atoms with Gasteiger partial charge in [-0.05, 0) is 61.8 Å². The third-order valence-corrected chi connectivity index (χ3v) is 7.78. The molecule has 4 rings (SSSR count). The smallest absolute Gasteiger partial charge is 0.352 e. The molecule has 1 aromatic heterocycles. The summed E-state index contributed by atoms with van der Waals surface area (Å²) in [7, 11) is 0. The SMILES string of the molecule is CC(C)[C@]1(C(=O)NCc2cc(F)cc(C(F)(F)F)c2)CC[C@@H](N2CCC(n3ccnc3)CC2)C1. The molecule has 186 valence electrons. The number of imidazole rings is 1. The Hall–Kier alpha value is -2.42. The molecule has 1 aliphatic heterocycles. The van der Waals surface area contributed by atoms with Crippen LogP contribution in [0.15, 0.2) is 36.9 Å². The third kappa shape index (κ3) is 5.14. The molecule has 34 heavy (non-hydrogen) atoms. The Morgan fingerprint density at radius 1 is 1.18 bits per heavy atom. The molecule has 0 unspecified atom stereocenters. The van der Waals surface area contributed by atoms with Gasteiger partial charge >= 0.3 is 6.18 Å². The number of rotatable bonds is 6. The average molecular weight is 481 g/mol.